The number of nitrogens with one attached hydrogen (secondary N) is 1. The Balaban J connectivity index is 1.68. The Morgan fingerprint density at radius 3 is 2.62 bits per heavy atom. The smallest absolute Gasteiger partial charge is 0.240 e. The van der Waals surface area contributed by atoms with Gasteiger partial charge in [0.1, 0.15) is 11.9 Å². The van der Waals surface area contributed by atoms with Crippen molar-refractivity contribution in [2.45, 2.75) is 24.3 Å². The van der Waals surface area contributed by atoms with Crippen LogP contribution in [0.25, 0.3) is 0 Å². The van der Waals surface area contributed by atoms with Gasteiger partial charge in [-0.05, 0) is 30.2 Å². The summed E-state index contributed by atoms with van der Waals surface area (Å²) >= 11 is 0. The Kier molecular flexibility index (Phi) is 3.69. The Hall–Kier alpha value is -1.85. The normalized spacial score (nSPS) is 17.3. The standard InChI is InChI=1S/C16H17NO3S/c1-12-6-2-5-9-16(12)21(18,19)17-11-14-10-13-7-3-4-8-15(13)20-14/h2-9,14,17H,10-11H2,1H3. The molecule has 0 saturated heterocycles. The second-order valence-corrected chi connectivity index (χ2v) is 6.90. The molecular weight excluding hydrogens is 286 g/mol. The van der Waals surface area contributed by atoms with Crippen LogP contribution in [0.15, 0.2) is 53.4 Å². The second kappa shape index (κ2) is 5.50. The number of ether oxygens (including phenoxy) is 1. The molecule has 0 radical (unpaired) electrons. The minimum absolute atomic E-state index is 0.152. The summed E-state index contributed by atoms with van der Waals surface area (Å²) in [4.78, 5) is 0.320. The Labute approximate surface area is 124 Å². The number of hydrogen-bond donors (Lipinski definition) is 1. The molecule has 2 aromatic rings. The summed E-state index contributed by atoms with van der Waals surface area (Å²) < 4.78 is 33.0. The van der Waals surface area contributed by atoms with E-state index in [2.05, 4.69) is 4.72 Å². The van der Waals surface area contributed by atoms with Crippen LogP contribution in [0.4, 0.5) is 0 Å². The van der Waals surface area contributed by atoms with Crippen molar-refractivity contribution in [1.29, 1.82) is 0 Å². The van der Waals surface area contributed by atoms with E-state index in [1.165, 1.54) is 0 Å². The molecule has 0 fully saturated rings. The first kappa shape index (κ1) is 14.1. The summed E-state index contributed by atoms with van der Waals surface area (Å²) in [5.74, 6) is 0.845. The molecule has 2 aromatic carbocycles. The van der Waals surface area contributed by atoms with Gasteiger partial charge in [-0.15, -0.1) is 0 Å². The van der Waals surface area contributed by atoms with Crippen molar-refractivity contribution in [2.75, 3.05) is 6.54 Å². The van der Waals surface area contributed by atoms with E-state index in [0.29, 0.717) is 4.90 Å². The lowest BCUT2D eigenvalue weighted by Crippen LogP contribution is -2.34. The van der Waals surface area contributed by atoms with Crippen molar-refractivity contribution in [3.8, 4) is 5.75 Å². The van der Waals surface area contributed by atoms with E-state index in [1.54, 1.807) is 25.1 Å². The highest BCUT2D eigenvalue weighted by atomic mass is 32.2. The highest BCUT2D eigenvalue weighted by Gasteiger charge is 2.25. The van der Waals surface area contributed by atoms with Crippen LogP contribution in [0.1, 0.15) is 11.1 Å². The molecule has 4 nitrogen and oxygen atoms in total. The molecule has 5 heteroatoms. The molecule has 3 rings (SSSR count). The number of rotatable bonds is 4. The molecular formula is C16H17NO3S. The Morgan fingerprint density at radius 1 is 1.14 bits per heavy atom. The van der Waals surface area contributed by atoms with E-state index in [9.17, 15) is 8.42 Å². The second-order valence-electron chi connectivity index (χ2n) is 5.17. The van der Waals surface area contributed by atoms with Gasteiger partial charge < -0.3 is 4.74 Å². The van der Waals surface area contributed by atoms with Gasteiger partial charge in [-0.1, -0.05) is 36.4 Å². The first-order valence-corrected chi connectivity index (χ1v) is 8.34. The van der Waals surface area contributed by atoms with E-state index in [4.69, 9.17) is 4.74 Å². The summed E-state index contributed by atoms with van der Waals surface area (Å²) in [5.41, 5.74) is 1.86. The van der Waals surface area contributed by atoms with Crippen LogP contribution < -0.4 is 9.46 Å². The number of sulfonamides is 1. The summed E-state index contributed by atoms with van der Waals surface area (Å²) in [7, 11) is -3.50. The van der Waals surface area contributed by atoms with Gasteiger partial charge in [-0.3, -0.25) is 0 Å². The van der Waals surface area contributed by atoms with Crippen molar-refractivity contribution in [1.82, 2.24) is 4.72 Å². The number of para-hydroxylation sites is 1. The predicted octanol–water partition coefficient (Wildman–Crippen LogP) is 2.28. The third-order valence-electron chi connectivity index (χ3n) is 3.60. The van der Waals surface area contributed by atoms with E-state index < -0.39 is 10.0 Å². The third kappa shape index (κ3) is 2.94. The maximum Gasteiger partial charge on any atom is 0.240 e. The fraction of sp³-hybridized carbons (Fsp3) is 0.250. The first-order valence-electron chi connectivity index (χ1n) is 6.86. The van der Waals surface area contributed by atoms with Crippen LogP contribution in [0, 0.1) is 6.92 Å². The Bertz CT molecular complexity index is 731. The molecule has 1 aliphatic rings. The average molecular weight is 303 g/mol. The van der Waals surface area contributed by atoms with E-state index in [-0.39, 0.29) is 12.6 Å². The van der Waals surface area contributed by atoms with Gasteiger partial charge in [0, 0.05) is 13.0 Å². The Morgan fingerprint density at radius 2 is 1.86 bits per heavy atom. The van der Waals surface area contributed by atoms with Gasteiger partial charge in [0.05, 0.1) is 4.90 Å². The maximum absolute atomic E-state index is 12.3. The van der Waals surface area contributed by atoms with Crippen molar-refractivity contribution in [2.24, 2.45) is 0 Å². The molecule has 1 heterocycles. The highest BCUT2D eigenvalue weighted by molar-refractivity contribution is 7.89. The zero-order chi connectivity index (χ0) is 14.9. The molecule has 1 unspecified atom stereocenters. The lowest BCUT2D eigenvalue weighted by atomic mass is 10.1. The molecule has 0 aromatic heterocycles. The molecule has 0 saturated carbocycles. The molecule has 1 atom stereocenters. The third-order valence-corrected chi connectivity index (χ3v) is 5.18. The van der Waals surface area contributed by atoms with Crippen molar-refractivity contribution < 1.29 is 13.2 Å². The zero-order valence-corrected chi connectivity index (χ0v) is 12.6. The minimum atomic E-state index is -3.50. The molecule has 0 spiro atoms. The predicted molar refractivity (Wildman–Crippen MR) is 80.9 cm³/mol. The van der Waals surface area contributed by atoms with Crippen LogP contribution >= 0.6 is 0 Å². The zero-order valence-electron chi connectivity index (χ0n) is 11.7. The summed E-state index contributed by atoms with van der Waals surface area (Å²) in [5, 5.41) is 0. The number of hydrogen-bond acceptors (Lipinski definition) is 3. The van der Waals surface area contributed by atoms with Gasteiger partial charge in [-0.2, -0.15) is 0 Å². The van der Waals surface area contributed by atoms with Crippen LogP contribution in [0.2, 0.25) is 0 Å². The minimum Gasteiger partial charge on any atom is -0.488 e. The van der Waals surface area contributed by atoms with Crippen LogP contribution in [-0.2, 0) is 16.4 Å². The lowest BCUT2D eigenvalue weighted by Gasteiger charge is -2.13. The largest absolute Gasteiger partial charge is 0.488 e. The molecule has 21 heavy (non-hydrogen) atoms. The number of aryl methyl sites for hydroxylation is 1. The monoisotopic (exact) mass is 303 g/mol. The molecule has 0 aliphatic carbocycles. The van der Waals surface area contributed by atoms with Crippen molar-refractivity contribution in [3.63, 3.8) is 0 Å². The van der Waals surface area contributed by atoms with E-state index in [1.807, 2.05) is 30.3 Å². The van der Waals surface area contributed by atoms with E-state index in [0.717, 1.165) is 23.3 Å². The van der Waals surface area contributed by atoms with Gasteiger partial charge in [0.25, 0.3) is 0 Å². The summed E-state index contributed by atoms with van der Waals surface area (Å²) in [6.45, 7) is 2.06. The summed E-state index contributed by atoms with van der Waals surface area (Å²) in [6.07, 6.45) is 0.577. The molecule has 0 amide bonds. The van der Waals surface area contributed by atoms with Crippen molar-refractivity contribution in [3.05, 3.63) is 59.7 Å². The van der Waals surface area contributed by atoms with E-state index >= 15 is 0 Å². The fourth-order valence-electron chi connectivity index (χ4n) is 2.51. The molecule has 0 bridgehead atoms. The molecule has 110 valence electrons. The van der Waals surface area contributed by atoms with Gasteiger partial charge in [-0.25, -0.2) is 13.1 Å². The molecule has 1 N–H and O–H groups in total. The quantitative estimate of drug-likeness (QED) is 0.943. The topological polar surface area (TPSA) is 55.4 Å². The van der Waals surface area contributed by atoms with Gasteiger partial charge >= 0.3 is 0 Å². The first-order chi connectivity index (χ1) is 10.1. The van der Waals surface area contributed by atoms with Gasteiger partial charge in [0.15, 0.2) is 0 Å². The van der Waals surface area contributed by atoms with Crippen molar-refractivity contribution >= 4 is 10.0 Å². The number of fused-ring (bicyclic) bond motifs is 1. The molecule has 1 aliphatic heterocycles. The van der Waals surface area contributed by atoms with Crippen LogP contribution in [0.3, 0.4) is 0 Å². The lowest BCUT2D eigenvalue weighted by molar-refractivity contribution is 0.236. The highest BCUT2D eigenvalue weighted by Crippen LogP contribution is 2.28. The van der Waals surface area contributed by atoms with Gasteiger partial charge in [0.2, 0.25) is 10.0 Å². The van der Waals surface area contributed by atoms with Crippen LogP contribution in [0.5, 0.6) is 5.75 Å². The summed E-state index contributed by atoms with van der Waals surface area (Å²) in [6, 6.07) is 14.7. The SMILES string of the molecule is Cc1ccccc1S(=O)(=O)NCC1Cc2ccccc2O1. The maximum atomic E-state index is 12.3. The average Bonchev–Trinajstić information content (AvgIpc) is 2.88. The fourth-order valence-corrected chi connectivity index (χ4v) is 3.82. The van der Waals surface area contributed by atoms with Crippen LogP contribution in [-0.4, -0.2) is 21.1 Å². The number of benzene rings is 2.